The smallest absolute Gasteiger partial charge is 0.247 e. The average molecular weight is 443 g/mol. The van der Waals surface area contributed by atoms with Crippen LogP contribution in [-0.2, 0) is 11.2 Å². The van der Waals surface area contributed by atoms with Crippen LogP contribution < -0.4 is 10.6 Å². The summed E-state index contributed by atoms with van der Waals surface area (Å²) in [4.78, 5) is 26.3. The monoisotopic (exact) mass is 443 g/mol. The molecular weight excluding hydrogens is 421 g/mol. The molecule has 0 spiro atoms. The highest BCUT2D eigenvalue weighted by molar-refractivity contribution is 6.26. The van der Waals surface area contributed by atoms with Crippen molar-refractivity contribution >= 4 is 23.1 Å². The second-order valence-corrected chi connectivity index (χ2v) is 7.78. The number of benzene rings is 3. The van der Waals surface area contributed by atoms with Crippen molar-refractivity contribution in [1.29, 1.82) is 0 Å². The fourth-order valence-electron chi connectivity index (χ4n) is 3.71. The lowest BCUT2D eigenvalue weighted by Crippen LogP contribution is -2.44. The molecule has 1 amide bonds. The molecule has 1 aliphatic carbocycles. The number of rotatable bonds is 6. The Bertz CT molecular complexity index is 1270. The van der Waals surface area contributed by atoms with Gasteiger partial charge in [0.2, 0.25) is 11.7 Å². The lowest BCUT2D eigenvalue weighted by molar-refractivity contribution is -0.118. The van der Waals surface area contributed by atoms with Crippen molar-refractivity contribution in [2.75, 3.05) is 5.32 Å². The Balaban J connectivity index is 1.64. The Hall–Kier alpha value is -4.26. The van der Waals surface area contributed by atoms with Crippen molar-refractivity contribution in [2.45, 2.75) is 19.4 Å². The zero-order chi connectivity index (χ0) is 23.4. The van der Waals surface area contributed by atoms with Crippen molar-refractivity contribution in [1.82, 2.24) is 5.32 Å². The molecule has 3 aromatic carbocycles. The molecule has 1 aliphatic rings. The summed E-state index contributed by atoms with van der Waals surface area (Å²) in [7, 11) is 0. The van der Waals surface area contributed by atoms with Gasteiger partial charge in [-0.05, 0) is 36.3 Å². The van der Waals surface area contributed by atoms with E-state index in [4.69, 9.17) is 0 Å². The molecule has 166 valence electrons. The van der Waals surface area contributed by atoms with Crippen molar-refractivity contribution in [3.05, 3.63) is 113 Å². The number of ketones is 1. The number of aryl methyl sites for hydroxylation is 1. The number of amides is 1. The SMILES string of the molecule is Cc1ccc(NC(=O)[C@@H](Cc2ccccc2)NC2=CC(=NO)c3ccccc3C2=O)c(F)c1. The fraction of sp³-hybridized carbons (Fsp3) is 0.115. The van der Waals surface area contributed by atoms with Crippen LogP contribution >= 0.6 is 0 Å². The number of carbonyl (C=O) groups excluding carboxylic acids is 2. The van der Waals surface area contributed by atoms with Crippen molar-refractivity contribution < 1.29 is 19.2 Å². The van der Waals surface area contributed by atoms with E-state index in [1.807, 2.05) is 30.3 Å². The second-order valence-electron chi connectivity index (χ2n) is 7.78. The second kappa shape index (κ2) is 9.48. The molecule has 7 heteroatoms. The molecule has 0 fully saturated rings. The quantitative estimate of drug-likeness (QED) is 0.393. The number of carbonyl (C=O) groups is 2. The predicted octanol–water partition coefficient (Wildman–Crippen LogP) is 4.23. The molecule has 4 rings (SSSR count). The Kier molecular flexibility index (Phi) is 6.31. The van der Waals surface area contributed by atoms with Gasteiger partial charge in [-0.2, -0.15) is 0 Å². The van der Waals surface area contributed by atoms with E-state index in [1.54, 1.807) is 37.3 Å². The average Bonchev–Trinajstić information content (AvgIpc) is 2.82. The molecule has 0 saturated carbocycles. The predicted molar refractivity (Wildman–Crippen MR) is 124 cm³/mol. The van der Waals surface area contributed by atoms with Crippen LogP contribution in [0.25, 0.3) is 0 Å². The Morgan fingerprint density at radius 3 is 2.42 bits per heavy atom. The molecule has 0 aliphatic heterocycles. The maximum absolute atomic E-state index is 14.3. The summed E-state index contributed by atoms with van der Waals surface area (Å²) in [5.74, 6) is -1.37. The highest BCUT2D eigenvalue weighted by atomic mass is 19.1. The molecule has 0 bridgehead atoms. The third-order valence-corrected chi connectivity index (χ3v) is 5.39. The van der Waals surface area contributed by atoms with Gasteiger partial charge in [0.1, 0.15) is 17.6 Å². The van der Waals surface area contributed by atoms with Gasteiger partial charge in [0.05, 0.1) is 11.4 Å². The minimum absolute atomic E-state index is 0.0531. The van der Waals surface area contributed by atoms with E-state index in [0.29, 0.717) is 11.1 Å². The summed E-state index contributed by atoms with van der Waals surface area (Å²) in [6.07, 6.45) is 1.65. The molecule has 0 unspecified atom stereocenters. The van der Waals surface area contributed by atoms with E-state index in [1.165, 1.54) is 18.2 Å². The first-order valence-electron chi connectivity index (χ1n) is 10.4. The molecule has 33 heavy (non-hydrogen) atoms. The minimum Gasteiger partial charge on any atom is -0.410 e. The molecule has 6 nitrogen and oxygen atoms in total. The third kappa shape index (κ3) is 4.82. The number of Topliss-reactive ketones (excluding diaryl/α,β-unsaturated/α-hetero) is 1. The molecule has 0 saturated heterocycles. The normalized spacial score (nSPS) is 14.9. The molecule has 0 aromatic heterocycles. The topological polar surface area (TPSA) is 90.8 Å². The van der Waals surface area contributed by atoms with Gasteiger partial charge >= 0.3 is 0 Å². The van der Waals surface area contributed by atoms with Crippen molar-refractivity contribution in [3.8, 4) is 0 Å². The summed E-state index contributed by atoms with van der Waals surface area (Å²) in [5, 5.41) is 18.4. The number of nitrogens with zero attached hydrogens (tertiary/aromatic N) is 1. The molecule has 3 aromatic rings. The zero-order valence-electron chi connectivity index (χ0n) is 17.9. The van der Waals surface area contributed by atoms with E-state index < -0.39 is 17.8 Å². The molecule has 3 N–H and O–H groups in total. The van der Waals surface area contributed by atoms with Gasteiger partial charge in [-0.1, -0.05) is 65.8 Å². The van der Waals surface area contributed by atoms with Crippen LogP contribution in [0.2, 0.25) is 0 Å². The number of oxime groups is 1. The Labute approximate surface area is 190 Å². The lowest BCUT2D eigenvalue weighted by atomic mass is 9.91. The van der Waals surface area contributed by atoms with Crippen LogP contribution in [0.15, 0.2) is 89.7 Å². The summed E-state index contributed by atoms with van der Waals surface area (Å²) >= 11 is 0. The van der Waals surface area contributed by atoms with Crippen molar-refractivity contribution in [3.63, 3.8) is 0 Å². The van der Waals surface area contributed by atoms with E-state index in [2.05, 4.69) is 15.8 Å². The van der Waals surface area contributed by atoms with Gasteiger partial charge in [-0.3, -0.25) is 9.59 Å². The minimum atomic E-state index is -0.895. The van der Waals surface area contributed by atoms with E-state index in [-0.39, 0.29) is 29.3 Å². The van der Waals surface area contributed by atoms with Gasteiger partial charge in [-0.15, -0.1) is 0 Å². The van der Waals surface area contributed by atoms with Crippen LogP contribution in [0, 0.1) is 12.7 Å². The number of nitrogens with one attached hydrogen (secondary N) is 2. The summed E-state index contributed by atoms with van der Waals surface area (Å²) in [5.41, 5.74) is 2.82. The fourth-order valence-corrected chi connectivity index (χ4v) is 3.71. The maximum Gasteiger partial charge on any atom is 0.247 e. The number of hydrogen-bond donors (Lipinski definition) is 3. The summed E-state index contributed by atoms with van der Waals surface area (Å²) < 4.78 is 14.3. The Morgan fingerprint density at radius 2 is 1.73 bits per heavy atom. The van der Waals surface area contributed by atoms with E-state index in [9.17, 15) is 19.2 Å². The van der Waals surface area contributed by atoms with Gasteiger partial charge in [0.25, 0.3) is 0 Å². The standard InChI is InChI=1S/C26H22FN3O3/c1-16-11-12-21(20(27)13-16)29-26(32)24(14-17-7-3-2-4-8-17)28-23-15-22(30-33)18-9-5-6-10-19(18)25(23)31/h2-13,15,24,28,33H,14H2,1H3,(H,29,32)/t24-/m1/s1. The van der Waals surface area contributed by atoms with Gasteiger partial charge in [0.15, 0.2) is 0 Å². The van der Waals surface area contributed by atoms with Crippen LogP contribution in [0.4, 0.5) is 10.1 Å². The zero-order valence-corrected chi connectivity index (χ0v) is 17.9. The van der Waals surface area contributed by atoms with E-state index >= 15 is 0 Å². The van der Waals surface area contributed by atoms with Crippen LogP contribution in [0.5, 0.6) is 0 Å². The number of anilines is 1. The first-order chi connectivity index (χ1) is 16.0. The lowest BCUT2D eigenvalue weighted by Gasteiger charge is -2.24. The highest BCUT2D eigenvalue weighted by Gasteiger charge is 2.28. The third-order valence-electron chi connectivity index (χ3n) is 5.39. The first kappa shape index (κ1) is 22.0. The first-order valence-corrected chi connectivity index (χ1v) is 10.4. The number of halogens is 1. The van der Waals surface area contributed by atoms with E-state index in [0.717, 1.165) is 11.1 Å². The molecule has 1 atom stereocenters. The summed E-state index contributed by atoms with van der Waals surface area (Å²) in [6, 6.07) is 19.7. The number of allylic oxidation sites excluding steroid dienone is 2. The molecular formula is C26H22FN3O3. The maximum atomic E-state index is 14.3. The summed E-state index contributed by atoms with van der Waals surface area (Å²) in [6.45, 7) is 1.76. The van der Waals surface area contributed by atoms with Gasteiger partial charge < -0.3 is 15.8 Å². The van der Waals surface area contributed by atoms with Crippen LogP contribution in [0.3, 0.4) is 0 Å². The van der Waals surface area contributed by atoms with Crippen LogP contribution in [0.1, 0.15) is 27.0 Å². The van der Waals surface area contributed by atoms with Gasteiger partial charge in [-0.25, -0.2) is 4.39 Å². The number of hydrogen-bond acceptors (Lipinski definition) is 5. The Morgan fingerprint density at radius 1 is 1.03 bits per heavy atom. The molecule has 0 heterocycles. The van der Waals surface area contributed by atoms with Crippen LogP contribution in [-0.4, -0.2) is 28.7 Å². The molecule has 0 radical (unpaired) electrons. The van der Waals surface area contributed by atoms with Crippen molar-refractivity contribution in [2.24, 2.45) is 5.16 Å². The number of fused-ring (bicyclic) bond motifs is 1. The largest absolute Gasteiger partial charge is 0.410 e. The highest BCUT2D eigenvalue weighted by Crippen LogP contribution is 2.22. The van der Waals surface area contributed by atoms with Gasteiger partial charge in [0, 0.05) is 17.5 Å².